The van der Waals surface area contributed by atoms with E-state index in [4.69, 9.17) is 4.74 Å². The van der Waals surface area contributed by atoms with Gasteiger partial charge in [-0.2, -0.15) is 0 Å². The molecule has 1 aliphatic heterocycles. The van der Waals surface area contributed by atoms with E-state index in [1.165, 1.54) is 0 Å². The average molecular weight is 466 g/mol. The number of carbonyl (C=O) groups excluding carboxylic acids is 1. The van der Waals surface area contributed by atoms with Crippen molar-refractivity contribution >= 4 is 27.3 Å². The van der Waals surface area contributed by atoms with Gasteiger partial charge in [-0.05, 0) is 76.6 Å². The van der Waals surface area contributed by atoms with Crippen LogP contribution in [0.2, 0.25) is 0 Å². The Balaban J connectivity index is 1.49. The fraction of sp³-hybridized carbons (Fsp3) is 0.708. The van der Waals surface area contributed by atoms with Crippen molar-refractivity contribution in [2.75, 3.05) is 29.9 Å². The Morgan fingerprint density at radius 2 is 1.72 bits per heavy atom. The maximum atomic E-state index is 12.7. The van der Waals surface area contributed by atoms with Crippen LogP contribution in [-0.4, -0.2) is 50.9 Å². The molecule has 7 nitrogen and oxygen atoms in total. The summed E-state index contributed by atoms with van der Waals surface area (Å²) in [6.45, 7) is 11.9. The Morgan fingerprint density at radius 3 is 2.28 bits per heavy atom. The van der Waals surface area contributed by atoms with E-state index in [9.17, 15) is 13.2 Å². The lowest BCUT2D eigenvalue weighted by molar-refractivity contribution is -0.120. The van der Waals surface area contributed by atoms with Crippen LogP contribution in [-0.2, 0) is 19.6 Å². The minimum absolute atomic E-state index is 0.0149. The van der Waals surface area contributed by atoms with E-state index in [1.807, 2.05) is 12.1 Å². The quantitative estimate of drug-likeness (QED) is 0.668. The second kappa shape index (κ2) is 10.1. The molecule has 180 valence electrons. The number of morpholine rings is 1. The number of carbonyl (C=O) groups is 1. The van der Waals surface area contributed by atoms with Crippen LogP contribution >= 0.6 is 0 Å². The molecule has 1 aliphatic carbocycles. The third-order valence-electron chi connectivity index (χ3n) is 6.56. The van der Waals surface area contributed by atoms with E-state index in [0.717, 1.165) is 31.1 Å². The predicted octanol–water partition coefficient (Wildman–Crippen LogP) is 3.76. The van der Waals surface area contributed by atoms with Crippen LogP contribution in [0.4, 0.5) is 11.4 Å². The van der Waals surface area contributed by atoms with Gasteiger partial charge in [-0.15, -0.1) is 0 Å². The Kier molecular flexibility index (Phi) is 7.89. The minimum atomic E-state index is -3.37. The zero-order chi connectivity index (χ0) is 23.5. The number of rotatable bonds is 6. The monoisotopic (exact) mass is 465 g/mol. The largest absolute Gasteiger partial charge is 0.374 e. The van der Waals surface area contributed by atoms with E-state index < -0.39 is 14.8 Å². The molecule has 1 aromatic rings. The first-order chi connectivity index (χ1) is 15.0. The Morgan fingerprint density at radius 1 is 1.09 bits per heavy atom. The number of hydrogen-bond acceptors (Lipinski definition) is 5. The summed E-state index contributed by atoms with van der Waals surface area (Å²) in [7, 11) is -3.37. The van der Waals surface area contributed by atoms with Gasteiger partial charge in [0.1, 0.15) is 0 Å². The molecule has 8 heteroatoms. The topological polar surface area (TPSA) is 87.7 Å². The fourth-order valence-electron chi connectivity index (χ4n) is 4.18. The van der Waals surface area contributed by atoms with Gasteiger partial charge in [-0.3, -0.25) is 4.79 Å². The van der Waals surface area contributed by atoms with Gasteiger partial charge < -0.3 is 15.0 Å². The zero-order valence-electron chi connectivity index (χ0n) is 20.1. The number of benzene rings is 1. The highest BCUT2D eigenvalue weighted by Gasteiger charge is 2.34. The summed E-state index contributed by atoms with van der Waals surface area (Å²) in [5.41, 5.74) is 1.94. The predicted molar refractivity (Wildman–Crippen MR) is 129 cm³/mol. The van der Waals surface area contributed by atoms with Crippen LogP contribution in [0.1, 0.15) is 60.3 Å². The molecule has 1 saturated carbocycles. The first-order valence-electron chi connectivity index (χ1n) is 11.8. The second-order valence-electron chi connectivity index (χ2n) is 10.4. The van der Waals surface area contributed by atoms with Crippen molar-refractivity contribution in [2.45, 2.75) is 77.2 Å². The summed E-state index contributed by atoms with van der Waals surface area (Å²) < 4.78 is 32.6. The van der Waals surface area contributed by atoms with Crippen molar-refractivity contribution in [1.82, 2.24) is 4.72 Å². The summed E-state index contributed by atoms with van der Waals surface area (Å²) in [4.78, 5) is 15.1. The molecule has 0 unspecified atom stereocenters. The fourth-order valence-corrected chi connectivity index (χ4v) is 5.21. The van der Waals surface area contributed by atoms with Gasteiger partial charge in [-0.25, -0.2) is 13.1 Å². The summed E-state index contributed by atoms with van der Waals surface area (Å²) >= 11 is 0. The second-order valence-corrected chi connectivity index (χ2v) is 12.9. The lowest BCUT2D eigenvalue weighted by Gasteiger charge is -2.36. The van der Waals surface area contributed by atoms with Crippen LogP contribution in [0.25, 0.3) is 0 Å². The molecule has 3 rings (SSSR count). The highest BCUT2D eigenvalue weighted by Crippen LogP contribution is 2.28. The summed E-state index contributed by atoms with van der Waals surface area (Å²) in [5, 5.41) is 3.04. The molecule has 1 saturated heterocycles. The average Bonchev–Trinajstić information content (AvgIpc) is 2.74. The first kappa shape index (κ1) is 25.0. The SMILES string of the molecule is CC(C)[C@@H]1CN(c2ccc(NC(=O)C3CCC(NS(=O)(=O)C(C)(C)C)CC3)cc2)CCO1. The summed E-state index contributed by atoms with van der Waals surface area (Å²) in [6.07, 6.45) is 2.98. The molecule has 2 aliphatic rings. The molecule has 2 fully saturated rings. The van der Waals surface area contributed by atoms with Crippen LogP contribution in [0.15, 0.2) is 24.3 Å². The van der Waals surface area contributed by atoms with Crippen LogP contribution in [0.5, 0.6) is 0 Å². The molecule has 1 aromatic carbocycles. The molecule has 0 spiro atoms. The Labute approximate surface area is 193 Å². The first-order valence-corrected chi connectivity index (χ1v) is 13.2. The molecule has 2 N–H and O–H groups in total. The smallest absolute Gasteiger partial charge is 0.227 e. The maximum Gasteiger partial charge on any atom is 0.227 e. The van der Waals surface area contributed by atoms with Crippen molar-refractivity contribution in [3.05, 3.63) is 24.3 Å². The van der Waals surface area contributed by atoms with E-state index in [0.29, 0.717) is 31.6 Å². The molecule has 0 radical (unpaired) electrons. The third-order valence-corrected chi connectivity index (χ3v) is 8.82. The molecule has 32 heavy (non-hydrogen) atoms. The Hall–Kier alpha value is -1.64. The molecule has 1 atom stereocenters. The van der Waals surface area contributed by atoms with Crippen molar-refractivity contribution in [3.63, 3.8) is 0 Å². The van der Waals surface area contributed by atoms with Crippen molar-refractivity contribution in [2.24, 2.45) is 11.8 Å². The van der Waals surface area contributed by atoms with Crippen LogP contribution in [0.3, 0.4) is 0 Å². The van der Waals surface area contributed by atoms with Crippen molar-refractivity contribution in [3.8, 4) is 0 Å². The van der Waals surface area contributed by atoms with Gasteiger partial charge >= 0.3 is 0 Å². The highest BCUT2D eigenvalue weighted by molar-refractivity contribution is 7.90. The highest BCUT2D eigenvalue weighted by atomic mass is 32.2. The van der Waals surface area contributed by atoms with Crippen molar-refractivity contribution < 1.29 is 17.9 Å². The van der Waals surface area contributed by atoms with E-state index >= 15 is 0 Å². The zero-order valence-corrected chi connectivity index (χ0v) is 20.9. The van der Waals surface area contributed by atoms with Gasteiger partial charge in [0.25, 0.3) is 0 Å². The van der Waals surface area contributed by atoms with Gasteiger partial charge in [0.05, 0.1) is 17.5 Å². The number of anilines is 2. The van der Waals surface area contributed by atoms with Crippen molar-refractivity contribution in [1.29, 1.82) is 0 Å². The van der Waals surface area contributed by atoms with Gasteiger partial charge in [0, 0.05) is 36.4 Å². The van der Waals surface area contributed by atoms with E-state index in [1.54, 1.807) is 20.8 Å². The van der Waals surface area contributed by atoms with Gasteiger partial charge in [-0.1, -0.05) is 13.8 Å². The standard InChI is InChI=1S/C24H39N3O4S/c1-17(2)22-16-27(14-15-31-22)21-12-10-19(11-13-21)25-23(28)18-6-8-20(9-7-18)26-32(29,30)24(3,4)5/h10-13,17-18,20,22,26H,6-9,14-16H2,1-5H3,(H,25,28)/t18?,20?,22-/m0/s1. The maximum absolute atomic E-state index is 12.7. The third kappa shape index (κ3) is 6.23. The number of nitrogens with zero attached hydrogens (tertiary/aromatic N) is 1. The number of sulfonamides is 1. The number of hydrogen-bond donors (Lipinski definition) is 2. The lowest BCUT2D eigenvalue weighted by atomic mass is 9.86. The number of amides is 1. The molecule has 0 aromatic heterocycles. The van der Waals surface area contributed by atoms with Gasteiger partial charge in [0.2, 0.25) is 15.9 Å². The van der Waals surface area contributed by atoms with E-state index in [-0.39, 0.29) is 24.0 Å². The molecule has 1 amide bonds. The minimum Gasteiger partial charge on any atom is -0.374 e. The number of ether oxygens (including phenoxy) is 1. The molecular weight excluding hydrogens is 426 g/mol. The normalized spacial score (nSPS) is 25.1. The molecular formula is C24H39N3O4S. The number of nitrogens with one attached hydrogen (secondary N) is 2. The summed E-state index contributed by atoms with van der Waals surface area (Å²) in [6, 6.07) is 7.92. The van der Waals surface area contributed by atoms with E-state index in [2.05, 4.69) is 40.9 Å². The molecule has 0 bridgehead atoms. The van der Waals surface area contributed by atoms with Gasteiger partial charge in [0.15, 0.2) is 0 Å². The van der Waals surface area contributed by atoms with Crippen LogP contribution < -0.4 is 14.9 Å². The van der Waals surface area contributed by atoms with Crippen LogP contribution in [0, 0.1) is 11.8 Å². The Bertz CT molecular complexity index is 870. The lowest BCUT2D eigenvalue weighted by Crippen LogP contribution is -2.46. The molecule has 1 heterocycles. The summed E-state index contributed by atoms with van der Waals surface area (Å²) in [5.74, 6) is 0.410.